The molecule has 2 aromatic carbocycles. The normalized spacial score (nSPS) is 15.1. The first-order chi connectivity index (χ1) is 12.8. The number of nitrogens with zero attached hydrogens (tertiary/aromatic N) is 2. The van der Waals surface area contributed by atoms with Crippen molar-refractivity contribution in [3.63, 3.8) is 0 Å². The highest BCUT2D eigenvalue weighted by Gasteiger charge is 2.32. The van der Waals surface area contributed by atoms with Crippen LogP contribution in [0.15, 0.2) is 64.2 Å². The largest absolute Gasteiger partial charge is 0.505 e. The summed E-state index contributed by atoms with van der Waals surface area (Å²) in [6.07, 6.45) is 1.21. The molecule has 3 rings (SSSR count). The van der Waals surface area contributed by atoms with E-state index in [-0.39, 0.29) is 16.1 Å². The smallest absolute Gasteiger partial charge is 0.292 e. The lowest BCUT2D eigenvalue weighted by Crippen LogP contribution is -2.37. The first-order valence-corrected chi connectivity index (χ1v) is 8.91. The molecule has 1 aliphatic rings. The Labute approximate surface area is 153 Å². The zero-order chi connectivity index (χ0) is 19.6. The third-order valence-corrected chi connectivity index (χ3v) is 5.02. The molecule has 0 radical (unpaired) electrons. The van der Waals surface area contributed by atoms with Crippen LogP contribution in [0.25, 0.3) is 5.76 Å². The maximum absolute atomic E-state index is 12.2. The van der Waals surface area contributed by atoms with Crippen LogP contribution in [0.5, 0.6) is 0 Å². The van der Waals surface area contributed by atoms with Crippen LogP contribution in [0.1, 0.15) is 11.1 Å². The van der Waals surface area contributed by atoms with Gasteiger partial charge in [0.25, 0.3) is 21.6 Å². The van der Waals surface area contributed by atoms with Gasteiger partial charge in [0.2, 0.25) is 0 Å². The van der Waals surface area contributed by atoms with Gasteiger partial charge in [0.05, 0.1) is 16.0 Å². The summed E-state index contributed by atoms with van der Waals surface area (Å²) in [5.41, 5.74) is 1.90. The van der Waals surface area contributed by atoms with E-state index >= 15 is 0 Å². The SMILES string of the molecule is O=C(N/N=C/c1ccc([N+](=O)[O-])cc1)C1=C(O)c2ccccc2S(=O)(=O)N1. The van der Waals surface area contributed by atoms with Crippen molar-refractivity contribution < 1.29 is 23.2 Å². The molecule has 0 aliphatic carbocycles. The molecule has 1 aliphatic heterocycles. The second-order valence-electron chi connectivity index (χ2n) is 5.37. The molecular weight excluding hydrogens is 376 g/mol. The lowest BCUT2D eigenvalue weighted by molar-refractivity contribution is -0.384. The summed E-state index contributed by atoms with van der Waals surface area (Å²) in [6.45, 7) is 0. The molecular formula is C16H12N4O6S. The average Bonchev–Trinajstić information content (AvgIpc) is 2.65. The molecule has 1 amide bonds. The van der Waals surface area contributed by atoms with Gasteiger partial charge < -0.3 is 5.11 Å². The molecule has 3 N–H and O–H groups in total. The lowest BCUT2D eigenvalue weighted by Gasteiger charge is -2.20. The molecule has 0 saturated heterocycles. The van der Waals surface area contributed by atoms with Crippen LogP contribution in [0.2, 0.25) is 0 Å². The van der Waals surface area contributed by atoms with Crippen molar-refractivity contribution in [2.75, 3.05) is 0 Å². The number of nitro benzene ring substituents is 1. The van der Waals surface area contributed by atoms with E-state index in [4.69, 9.17) is 0 Å². The molecule has 0 unspecified atom stereocenters. The van der Waals surface area contributed by atoms with Gasteiger partial charge in [0, 0.05) is 17.7 Å². The standard InChI is InChI=1S/C16H12N4O6S/c21-15-12-3-1-2-4-13(12)27(25,26)19-14(15)16(22)18-17-9-10-5-7-11(8-6-10)20(23)24/h1-9,19,21H,(H,18,22)/b17-9+. The summed E-state index contributed by atoms with van der Waals surface area (Å²) in [4.78, 5) is 22.1. The Morgan fingerprint density at radius 2 is 1.85 bits per heavy atom. The number of aliphatic hydroxyl groups is 1. The predicted molar refractivity (Wildman–Crippen MR) is 95.1 cm³/mol. The highest BCUT2D eigenvalue weighted by Crippen LogP contribution is 2.28. The van der Waals surface area contributed by atoms with E-state index in [1.807, 2.05) is 4.72 Å². The number of hydrogen-bond donors (Lipinski definition) is 3. The molecule has 2 aromatic rings. The molecule has 0 spiro atoms. The summed E-state index contributed by atoms with van der Waals surface area (Å²) >= 11 is 0. The summed E-state index contributed by atoms with van der Waals surface area (Å²) in [6, 6.07) is 11.1. The first-order valence-electron chi connectivity index (χ1n) is 7.43. The topological polar surface area (TPSA) is 151 Å². The molecule has 0 bridgehead atoms. The Hall–Kier alpha value is -3.73. The van der Waals surface area contributed by atoms with E-state index in [0.29, 0.717) is 5.56 Å². The van der Waals surface area contributed by atoms with Crippen molar-refractivity contribution in [1.29, 1.82) is 0 Å². The number of sulfonamides is 1. The number of fused-ring (bicyclic) bond motifs is 1. The second kappa shape index (κ2) is 6.88. The molecule has 0 atom stereocenters. The van der Waals surface area contributed by atoms with Gasteiger partial charge in [-0.2, -0.15) is 5.10 Å². The minimum atomic E-state index is -4.00. The van der Waals surface area contributed by atoms with Gasteiger partial charge in [-0.1, -0.05) is 12.1 Å². The molecule has 10 nitrogen and oxygen atoms in total. The van der Waals surface area contributed by atoms with E-state index in [1.54, 1.807) is 0 Å². The average molecular weight is 388 g/mol. The monoisotopic (exact) mass is 388 g/mol. The number of rotatable bonds is 4. The Morgan fingerprint density at radius 3 is 2.52 bits per heavy atom. The minimum Gasteiger partial charge on any atom is -0.505 e. The van der Waals surface area contributed by atoms with Crippen molar-refractivity contribution in [1.82, 2.24) is 10.1 Å². The van der Waals surface area contributed by atoms with E-state index in [9.17, 15) is 28.4 Å². The molecule has 1 heterocycles. The van der Waals surface area contributed by atoms with Crippen LogP contribution in [0.3, 0.4) is 0 Å². The van der Waals surface area contributed by atoms with Gasteiger partial charge in [-0.05, 0) is 29.8 Å². The number of nitrogens with one attached hydrogen (secondary N) is 2. The summed E-state index contributed by atoms with van der Waals surface area (Å²) in [5, 5.41) is 24.4. The van der Waals surface area contributed by atoms with E-state index in [2.05, 4.69) is 10.5 Å². The highest BCUT2D eigenvalue weighted by molar-refractivity contribution is 7.89. The quantitative estimate of drug-likeness (QED) is 0.407. The predicted octanol–water partition coefficient (Wildman–Crippen LogP) is 1.26. The summed E-state index contributed by atoms with van der Waals surface area (Å²) < 4.78 is 26.4. The zero-order valence-corrected chi connectivity index (χ0v) is 14.3. The number of benzene rings is 2. The summed E-state index contributed by atoms with van der Waals surface area (Å²) in [7, 11) is -4.00. The van der Waals surface area contributed by atoms with Gasteiger partial charge in [0.15, 0.2) is 11.5 Å². The molecule has 0 fully saturated rings. The van der Waals surface area contributed by atoms with E-state index in [1.165, 1.54) is 54.7 Å². The molecule has 0 aromatic heterocycles. The van der Waals surface area contributed by atoms with Crippen molar-refractivity contribution in [2.45, 2.75) is 4.90 Å². The van der Waals surface area contributed by atoms with Crippen LogP contribution in [-0.2, 0) is 14.8 Å². The number of hydrazone groups is 1. The zero-order valence-electron chi connectivity index (χ0n) is 13.5. The fourth-order valence-electron chi connectivity index (χ4n) is 2.33. The molecule has 11 heteroatoms. The second-order valence-corrected chi connectivity index (χ2v) is 7.02. The number of amides is 1. The summed E-state index contributed by atoms with van der Waals surface area (Å²) in [5.74, 6) is -1.49. The number of hydrogen-bond acceptors (Lipinski definition) is 7. The fraction of sp³-hybridized carbons (Fsp3) is 0. The first kappa shape index (κ1) is 18.1. The number of non-ortho nitro benzene ring substituents is 1. The number of aliphatic hydroxyl groups excluding tert-OH is 1. The minimum absolute atomic E-state index is 0.000693. The van der Waals surface area contributed by atoms with Crippen LogP contribution in [0.4, 0.5) is 5.69 Å². The Kier molecular flexibility index (Phi) is 4.60. The van der Waals surface area contributed by atoms with Crippen molar-refractivity contribution in [3.8, 4) is 0 Å². The van der Waals surface area contributed by atoms with Gasteiger partial charge in [-0.15, -0.1) is 0 Å². The van der Waals surface area contributed by atoms with Crippen molar-refractivity contribution in [3.05, 3.63) is 75.5 Å². The maximum atomic E-state index is 12.2. The Balaban J connectivity index is 1.79. The highest BCUT2D eigenvalue weighted by atomic mass is 32.2. The fourth-order valence-corrected chi connectivity index (χ4v) is 3.61. The van der Waals surface area contributed by atoms with E-state index in [0.717, 1.165) is 0 Å². The van der Waals surface area contributed by atoms with Crippen molar-refractivity contribution >= 4 is 33.6 Å². The third kappa shape index (κ3) is 3.62. The van der Waals surface area contributed by atoms with Gasteiger partial charge >= 0.3 is 0 Å². The lowest BCUT2D eigenvalue weighted by atomic mass is 10.1. The van der Waals surface area contributed by atoms with Gasteiger partial charge in [-0.25, -0.2) is 13.8 Å². The van der Waals surface area contributed by atoms with E-state index < -0.39 is 32.3 Å². The number of nitro groups is 1. The molecule has 0 saturated carbocycles. The van der Waals surface area contributed by atoms with Gasteiger partial charge in [0.1, 0.15) is 0 Å². The molecule has 138 valence electrons. The van der Waals surface area contributed by atoms with Crippen LogP contribution < -0.4 is 10.1 Å². The third-order valence-electron chi connectivity index (χ3n) is 3.62. The Bertz CT molecular complexity index is 1090. The van der Waals surface area contributed by atoms with Crippen LogP contribution in [-0.4, -0.2) is 30.6 Å². The number of carbonyl (C=O) groups excluding carboxylic acids is 1. The van der Waals surface area contributed by atoms with Gasteiger partial charge in [-0.3, -0.25) is 19.6 Å². The van der Waals surface area contributed by atoms with Crippen molar-refractivity contribution in [2.24, 2.45) is 5.10 Å². The number of carbonyl (C=O) groups is 1. The maximum Gasteiger partial charge on any atom is 0.292 e. The Morgan fingerprint density at radius 1 is 1.19 bits per heavy atom. The molecule has 27 heavy (non-hydrogen) atoms. The van der Waals surface area contributed by atoms with Crippen LogP contribution >= 0.6 is 0 Å². The van der Waals surface area contributed by atoms with Crippen LogP contribution in [0, 0.1) is 10.1 Å².